The van der Waals surface area contributed by atoms with Crippen LogP contribution in [-0.4, -0.2) is 121 Å². The molecule has 0 aromatic carbocycles. The van der Waals surface area contributed by atoms with Gasteiger partial charge in [0.15, 0.2) is 19.0 Å². The largest absolute Gasteiger partial charge is 0.382 e. The summed E-state index contributed by atoms with van der Waals surface area (Å²) in [6, 6.07) is -0.824. The van der Waals surface area contributed by atoms with Crippen LogP contribution in [0, 0.1) is 33.2 Å². The minimum absolute atomic E-state index is 0.163. The molecule has 0 spiro atoms. The van der Waals surface area contributed by atoms with E-state index in [1.807, 2.05) is 13.0 Å². The number of hydrogen-bond donors (Lipinski definition) is 2. The number of aryl methyl sites for hydroxylation is 4. The lowest BCUT2D eigenvalue weighted by Crippen LogP contribution is -2.41. The van der Waals surface area contributed by atoms with Gasteiger partial charge in [-0.3, -0.25) is 56.1 Å². The van der Waals surface area contributed by atoms with Gasteiger partial charge in [0, 0.05) is 111 Å². The fraction of sp³-hybridized carbons (Fsp3) is 0.592. The lowest BCUT2D eigenvalue weighted by Gasteiger charge is -2.18. The van der Waals surface area contributed by atoms with Gasteiger partial charge in [0.25, 0.3) is 22.2 Å². The van der Waals surface area contributed by atoms with Crippen molar-refractivity contribution >= 4 is 0 Å². The highest BCUT2D eigenvalue weighted by molar-refractivity contribution is 5.10. The number of rotatable bonds is 17. The van der Waals surface area contributed by atoms with Crippen molar-refractivity contribution in [1.82, 2.24) is 41.9 Å². The Hall–Kier alpha value is -8.15. The molecule has 0 radical (unpaired) electrons. The number of methoxy groups -OCH3 is 2. The highest BCUT2D eigenvalue weighted by atomic mass is 16.6. The quantitative estimate of drug-likeness (QED) is 0.0662. The smallest absolute Gasteiger partial charge is 0.333 e. The topological polar surface area (TPSA) is 399 Å². The highest BCUT2D eigenvalue weighted by Crippen LogP contribution is 2.31. The van der Waals surface area contributed by atoms with E-state index in [0.717, 1.165) is 9.13 Å². The van der Waals surface area contributed by atoms with Gasteiger partial charge >= 0.3 is 22.8 Å². The van der Waals surface area contributed by atoms with Crippen LogP contribution in [-0.2, 0) is 53.3 Å². The third kappa shape index (κ3) is 15.6. The molecule has 0 aliphatic carbocycles. The summed E-state index contributed by atoms with van der Waals surface area (Å²) in [5, 5.41) is 10.9. The van der Waals surface area contributed by atoms with Crippen molar-refractivity contribution in [2.75, 3.05) is 47.2 Å². The molecule has 2 saturated heterocycles. The number of aromatic nitrogens is 8. The van der Waals surface area contributed by atoms with Crippen molar-refractivity contribution in [1.29, 1.82) is 5.53 Å². The van der Waals surface area contributed by atoms with Crippen LogP contribution in [0.1, 0.15) is 80.8 Å². The van der Waals surface area contributed by atoms with Crippen molar-refractivity contribution in [3.8, 4) is 0 Å². The average molecular weight is 1140 g/mol. The Morgan fingerprint density at radius 3 is 1.60 bits per heavy atom. The zero-order valence-electron chi connectivity index (χ0n) is 46.6. The van der Waals surface area contributed by atoms with Gasteiger partial charge in [-0.15, -0.1) is 0 Å². The molecule has 10 atom stereocenters. The summed E-state index contributed by atoms with van der Waals surface area (Å²) in [7, 11) is 4.53. The molecule has 2 fully saturated rings. The van der Waals surface area contributed by atoms with Crippen molar-refractivity contribution in [2.24, 2.45) is 22.4 Å². The van der Waals surface area contributed by atoms with Crippen molar-refractivity contribution in [2.45, 2.75) is 136 Å². The average Bonchev–Trinajstić information content (AvgIpc) is 4.41. The molecule has 0 bridgehead atoms. The van der Waals surface area contributed by atoms with Crippen LogP contribution < -0.4 is 49.9 Å². The number of azide groups is 2. The second-order valence-electron chi connectivity index (χ2n) is 18.6. The summed E-state index contributed by atoms with van der Waals surface area (Å²) >= 11 is 0. The van der Waals surface area contributed by atoms with Crippen LogP contribution in [0.3, 0.4) is 0 Å². The fourth-order valence-corrected chi connectivity index (χ4v) is 8.91. The second kappa shape index (κ2) is 29.9. The molecule has 4 aliphatic rings. The van der Waals surface area contributed by atoms with Crippen LogP contribution in [0.25, 0.3) is 20.9 Å². The van der Waals surface area contributed by atoms with E-state index >= 15 is 0 Å². The second-order valence-corrected chi connectivity index (χ2v) is 18.6. The Bertz CT molecular complexity index is 3570. The normalized spacial score (nSPS) is 23.2. The molecule has 8 heterocycles. The minimum Gasteiger partial charge on any atom is -0.382 e. The SMILES string of the molecule is CCOC[C@H]1O[C@@H](n2cc(C)c(=O)n(CC)c2=O)CC1N=[N+]=[N-].CCn1c(=O)c(C)cn([C@H]2C=C[C@@H](COC)O2)c1=O.COC[C@H]1O[C@@H](n2cc(C)c(=O)n(C)c2=O)CC1N=[N+]=[N-].Cc1cn([C@H]2C=C[C@@H](CN=[N+]=N)O2)c(=O)[nH]c1=O. The van der Waals surface area contributed by atoms with Crippen LogP contribution in [0.5, 0.6) is 0 Å². The van der Waals surface area contributed by atoms with E-state index in [1.54, 1.807) is 73.1 Å². The molecular weight excluding hydrogens is 1070 g/mol. The first-order valence-corrected chi connectivity index (χ1v) is 25.6. The van der Waals surface area contributed by atoms with Crippen LogP contribution in [0.2, 0.25) is 0 Å². The Morgan fingerprint density at radius 1 is 0.617 bits per heavy atom. The molecular formula is C49H68N17O15+. The maximum atomic E-state index is 12.5. The fourth-order valence-electron chi connectivity index (χ4n) is 8.91. The standard InChI is InChI=1S/C14H21N5O4.C13H18N2O4.C12H17N5O4.C10H11N5O3/c1-4-18-13(20)9(3)7-19(14(18)21)12-6-10(16-17-15)11(23-12)8-22-5-2;1-4-14-12(16)9(2)7-15(13(14)17)11-6-5-10(19-11)8-18-3;1-7-5-17(12(19)16(2)11(7)18)10-4-8(14-15-13)9(21-10)6-20-3;1-6-5-15(10(17)13-9(6)16)8-3-2-7(18-8)4-12-14-11/h7,10-12H,4-6,8H2,1-3H3;5-7,10-11H,4,8H2,1-3H3;5,8-10H,4,6H2,1-3H3;2-3,5,7-8,11H,4H2,1H3/p+1/t10?,11-,12-;10-,11+;8?,9-,10-;7-,8+/m1010/s1. The molecule has 2 unspecified atom stereocenters. The first kappa shape index (κ1) is 63.7. The molecule has 2 N–H and O–H groups in total. The maximum absolute atomic E-state index is 12.5. The van der Waals surface area contributed by atoms with Gasteiger partial charge in [-0.2, -0.15) is 0 Å². The molecule has 4 aromatic rings. The maximum Gasteiger partial charge on any atom is 0.333 e. The third-order valence-electron chi connectivity index (χ3n) is 13.1. The first-order valence-electron chi connectivity index (χ1n) is 25.6. The van der Waals surface area contributed by atoms with Crippen LogP contribution >= 0.6 is 0 Å². The van der Waals surface area contributed by atoms with Crippen molar-refractivity contribution < 1.29 is 33.2 Å². The van der Waals surface area contributed by atoms with E-state index in [-0.39, 0.29) is 60.9 Å². The minimum atomic E-state index is -0.585. The monoisotopic (exact) mass is 1130 g/mol. The zero-order valence-corrected chi connectivity index (χ0v) is 46.6. The number of nitrogens with one attached hydrogen (secondary N) is 2. The predicted octanol–water partition coefficient (Wildman–Crippen LogP) is 2.10. The lowest BCUT2D eigenvalue weighted by molar-refractivity contribution is -0.0439. The third-order valence-corrected chi connectivity index (χ3v) is 13.1. The Labute approximate surface area is 460 Å². The zero-order chi connectivity index (χ0) is 59.7. The number of H-pyrrole nitrogens is 1. The van der Waals surface area contributed by atoms with Gasteiger partial charge < -0.3 is 33.2 Å². The summed E-state index contributed by atoms with van der Waals surface area (Å²) in [6.07, 6.45) is 10.3. The van der Waals surface area contributed by atoms with E-state index in [1.165, 1.54) is 55.6 Å². The summed E-state index contributed by atoms with van der Waals surface area (Å²) in [4.78, 5) is 106. The number of hydrogen-bond acceptors (Lipinski definition) is 19. The lowest BCUT2D eigenvalue weighted by atomic mass is 10.1. The van der Waals surface area contributed by atoms with Crippen molar-refractivity contribution in [3.63, 3.8) is 0 Å². The highest BCUT2D eigenvalue weighted by Gasteiger charge is 2.38. The molecule has 32 heteroatoms. The molecule has 81 heavy (non-hydrogen) atoms. The predicted molar refractivity (Wildman–Crippen MR) is 289 cm³/mol. The molecule has 438 valence electrons. The molecule has 4 aliphatic heterocycles. The molecule has 0 amide bonds. The van der Waals surface area contributed by atoms with Gasteiger partial charge in [-0.05, 0) is 71.7 Å². The van der Waals surface area contributed by atoms with E-state index in [0.29, 0.717) is 54.9 Å². The number of aromatic amines is 1. The van der Waals surface area contributed by atoms with Gasteiger partial charge in [-0.25, -0.2) is 19.2 Å². The summed E-state index contributed by atoms with van der Waals surface area (Å²) < 4.78 is 47.1. The van der Waals surface area contributed by atoms with E-state index in [4.69, 9.17) is 49.8 Å². The molecule has 0 saturated carbocycles. The van der Waals surface area contributed by atoms with Gasteiger partial charge in [0.1, 0.15) is 35.3 Å². The van der Waals surface area contributed by atoms with Crippen LogP contribution in [0.15, 0.2) is 103 Å². The van der Waals surface area contributed by atoms with Gasteiger partial charge in [0.05, 0.1) is 44.1 Å². The number of ether oxygens (including phenoxy) is 7. The first-order chi connectivity index (χ1) is 38.7. The van der Waals surface area contributed by atoms with Gasteiger partial charge in [0.2, 0.25) is 4.91 Å². The molecule has 32 nitrogen and oxygen atoms in total. The summed E-state index contributed by atoms with van der Waals surface area (Å²) in [5.41, 5.74) is 22.6. The van der Waals surface area contributed by atoms with Crippen LogP contribution in [0.4, 0.5) is 0 Å². The Kier molecular flexibility index (Phi) is 23.5. The van der Waals surface area contributed by atoms with E-state index < -0.39 is 71.8 Å². The van der Waals surface area contributed by atoms with E-state index in [2.05, 4.69) is 35.1 Å². The summed E-state index contributed by atoms with van der Waals surface area (Å²) in [5.74, 6) is 0. The van der Waals surface area contributed by atoms with Gasteiger partial charge in [-0.1, -0.05) is 22.4 Å². The Morgan fingerprint density at radius 2 is 1.09 bits per heavy atom. The van der Waals surface area contributed by atoms with Crippen molar-refractivity contribution in [3.05, 3.63) is 176 Å². The number of nitrogens with zero attached hydrogens (tertiary/aromatic N) is 15. The summed E-state index contributed by atoms with van der Waals surface area (Å²) in [6.45, 7) is 14.3. The molecule has 8 rings (SSSR count). The van der Waals surface area contributed by atoms with E-state index in [9.17, 15) is 38.4 Å². The Balaban J connectivity index is 0.000000199. The molecule has 4 aromatic heterocycles.